The molecule has 0 aromatic carbocycles. The minimum absolute atomic E-state index is 0. The average Bonchev–Trinajstić information content (AvgIpc) is 0. The molecule has 0 aliphatic rings. The monoisotopic (exact) mass is 245 g/mol. The molecular weight excluding hydrogens is 238 g/mol. The molecule has 37 valence electrons. The Morgan fingerprint density at radius 1 is 1.00 bits per heavy atom. The first-order chi connectivity index (χ1) is 0. The van der Waals surface area contributed by atoms with Gasteiger partial charge in [0.05, 0.1) is 0 Å². The molecule has 0 aliphatic heterocycles. The van der Waals surface area contributed by atoms with Gasteiger partial charge in [-0.1, -0.05) is 0 Å². The Kier molecular flexibility index (Phi) is 265. The van der Waals surface area contributed by atoms with Crippen LogP contribution < -0.4 is 0 Å². The molecule has 0 heterocycles. The third-order valence-corrected chi connectivity index (χ3v) is 0. The van der Waals surface area contributed by atoms with Gasteiger partial charge in [-0.3, -0.25) is 0 Å². The summed E-state index contributed by atoms with van der Waals surface area (Å²) in [6.07, 6.45) is 0. The summed E-state index contributed by atoms with van der Waals surface area (Å²) in [5.74, 6) is 0. The van der Waals surface area contributed by atoms with Gasteiger partial charge in [-0.05, 0) is 0 Å². The Morgan fingerprint density at radius 2 is 1.00 bits per heavy atom. The van der Waals surface area contributed by atoms with Gasteiger partial charge in [-0.25, -0.2) is 0 Å². The van der Waals surface area contributed by atoms with Crippen LogP contribution in [0.4, 0.5) is 0 Å². The zero-order valence-electron chi connectivity index (χ0n) is 1.36. The van der Waals surface area contributed by atoms with Crippen LogP contribution in [0.3, 0.4) is 0 Å². The molecule has 1 radical (unpaired) electrons. The van der Waals surface area contributed by atoms with Gasteiger partial charge in [0, 0.05) is 34.1 Å². The van der Waals surface area contributed by atoms with E-state index >= 15 is 0 Å². The molecular formula is H8CaCuFeMgNaP. The van der Waals surface area contributed by atoms with Crippen molar-refractivity contribution < 1.29 is 34.1 Å². The first-order valence-electron chi connectivity index (χ1n) is 0. The van der Waals surface area contributed by atoms with E-state index in [9.17, 15) is 0 Å². The molecule has 0 aromatic rings. The number of rotatable bonds is 0. The van der Waals surface area contributed by atoms with Gasteiger partial charge in [0.15, 0.2) is 0 Å². The summed E-state index contributed by atoms with van der Waals surface area (Å²) >= 11 is 0. The van der Waals surface area contributed by atoms with Crippen LogP contribution in [0.25, 0.3) is 0 Å². The molecule has 0 aromatic heterocycles. The zero-order valence-corrected chi connectivity index (χ0v) is 4.82. The SMILES string of the molecule is P.[CaH2].[Cu].[Fe].[MgH2].[NaH]. The topological polar surface area (TPSA) is 0 Å². The summed E-state index contributed by atoms with van der Waals surface area (Å²) in [7, 11) is 0. The van der Waals surface area contributed by atoms with Crippen molar-refractivity contribution in [2.45, 2.75) is 0 Å². The zero-order chi connectivity index (χ0) is 0. The van der Waals surface area contributed by atoms with Crippen molar-refractivity contribution in [3.05, 3.63) is 0 Å². The van der Waals surface area contributed by atoms with Gasteiger partial charge in [0.1, 0.15) is 0 Å². The molecule has 6 heteroatoms. The van der Waals surface area contributed by atoms with E-state index < -0.39 is 0 Å². The summed E-state index contributed by atoms with van der Waals surface area (Å²) < 4.78 is 0. The van der Waals surface area contributed by atoms with E-state index in [1.165, 1.54) is 0 Å². The van der Waals surface area contributed by atoms with E-state index in [2.05, 4.69) is 0 Å². The first kappa shape index (κ1) is 46.8. The average molecular weight is 246 g/mol. The molecule has 0 bridgehead atoms. The second kappa shape index (κ2) is 33.9. The van der Waals surface area contributed by atoms with Crippen LogP contribution in [-0.4, -0.2) is 90.3 Å². The second-order valence-electron chi connectivity index (χ2n) is 0. The number of hydrogen-bond donors (Lipinski definition) is 0. The van der Waals surface area contributed by atoms with Crippen molar-refractivity contribution in [3.8, 4) is 0 Å². The van der Waals surface area contributed by atoms with E-state index in [0.29, 0.717) is 0 Å². The summed E-state index contributed by atoms with van der Waals surface area (Å²) in [5, 5.41) is 0. The van der Waals surface area contributed by atoms with E-state index in [4.69, 9.17) is 0 Å². The third kappa shape index (κ3) is 23.6. The molecule has 0 amide bonds. The predicted molar refractivity (Wildman–Crippen MR) is 35.3 cm³/mol. The molecule has 6 heavy (non-hydrogen) atoms. The van der Waals surface area contributed by atoms with Crippen molar-refractivity contribution in [2.24, 2.45) is 0 Å². The van der Waals surface area contributed by atoms with Gasteiger partial charge in [0.2, 0.25) is 0 Å². The third-order valence-electron chi connectivity index (χ3n) is 0. The van der Waals surface area contributed by atoms with E-state index in [1.807, 2.05) is 0 Å². The fraction of sp³-hybridized carbons (Fsp3) is 0. The van der Waals surface area contributed by atoms with Gasteiger partial charge >= 0.3 is 90.3 Å². The number of hydrogen-bond acceptors (Lipinski definition) is 0. The van der Waals surface area contributed by atoms with E-state index in [1.54, 1.807) is 0 Å². The molecule has 0 spiro atoms. The van der Waals surface area contributed by atoms with Crippen molar-refractivity contribution in [3.63, 3.8) is 0 Å². The molecule has 0 saturated heterocycles. The van der Waals surface area contributed by atoms with Crippen LogP contribution in [0.15, 0.2) is 0 Å². The normalized spacial score (nSPS) is 0. The van der Waals surface area contributed by atoms with Crippen LogP contribution in [0, 0.1) is 0 Å². The van der Waals surface area contributed by atoms with Crippen molar-refractivity contribution in [2.75, 3.05) is 0 Å². The minimum atomic E-state index is 0. The van der Waals surface area contributed by atoms with Crippen LogP contribution >= 0.6 is 9.90 Å². The van der Waals surface area contributed by atoms with Gasteiger partial charge in [0.25, 0.3) is 0 Å². The Labute approximate surface area is 131 Å². The van der Waals surface area contributed by atoms with Crippen LogP contribution in [0.5, 0.6) is 0 Å². The quantitative estimate of drug-likeness (QED) is 0.329. The maximum absolute atomic E-state index is 0. The summed E-state index contributed by atoms with van der Waals surface area (Å²) in [5.41, 5.74) is 0. The Bertz CT molecular complexity index is 15.5. The van der Waals surface area contributed by atoms with Gasteiger partial charge in [-0.2, -0.15) is 9.90 Å². The predicted octanol–water partition coefficient (Wildman–Crippen LogP) is -2.43. The summed E-state index contributed by atoms with van der Waals surface area (Å²) in [6, 6.07) is 0. The summed E-state index contributed by atoms with van der Waals surface area (Å²) in [4.78, 5) is 0. The van der Waals surface area contributed by atoms with Crippen molar-refractivity contribution in [1.29, 1.82) is 0 Å². The standard InChI is InChI=1S/Ca.Cu.Fe.Mg.Na.H3P.5H/h;;;;;1H3;;;;;. The second-order valence-corrected chi connectivity index (χ2v) is 0. The molecule has 0 nitrogen and oxygen atoms in total. The van der Waals surface area contributed by atoms with Crippen molar-refractivity contribution in [1.82, 2.24) is 0 Å². The van der Waals surface area contributed by atoms with Crippen LogP contribution in [0.1, 0.15) is 0 Å². The molecule has 1 unspecified atom stereocenters. The Balaban J connectivity index is 0. The fourth-order valence-electron chi connectivity index (χ4n) is 0. The van der Waals surface area contributed by atoms with Gasteiger partial charge < -0.3 is 0 Å². The molecule has 1 atom stereocenters. The molecule has 0 saturated carbocycles. The fourth-order valence-corrected chi connectivity index (χ4v) is 0. The molecule has 0 fully saturated rings. The molecule has 0 aliphatic carbocycles. The van der Waals surface area contributed by atoms with Gasteiger partial charge in [-0.15, -0.1) is 0 Å². The summed E-state index contributed by atoms with van der Waals surface area (Å²) in [6.45, 7) is 0. The van der Waals surface area contributed by atoms with E-state index in [0.717, 1.165) is 0 Å². The van der Waals surface area contributed by atoms with Crippen LogP contribution in [-0.2, 0) is 34.1 Å². The van der Waals surface area contributed by atoms with E-state index in [-0.39, 0.29) is 134 Å². The molecule has 0 N–H and O–H groups in total. The Hall–Kier alpha value is 4.49. The first-order valence-corrected chi connectivity index (χ1v) is 0. The molecule has 0 rings (SSSR count). The Morgan fingerprint density at radius 3 is 1.00 bits per heavy atom. The maximum atomic E-state index is 0. The van der Waals surface area contributed by atoms with Crippen molar-refractivity contribution >= 4 is 100 Å². The van der Waals surface area contributed by atoms with Crippen LogP contribution in [0.2, 0.25) is 0 Å².